The monoisotopic (exact) mass is 252 g/mol. The van der Waals surface area contributed by atoms with Crippen LogP contribution in [0.25, 0.3) is 0 Å². The van der Waals surface area contributed by atoms with Gasteiger partial charge in [-0.25, -0.2) is 0 Å². The Labute approximate surface area is 99.0 Å². The molecule has 0 saturated heterocycles. The molecule has 100 valence electrons. The highest BCUT2D eigenvalue weighted by atomic mass is 19.3. The Kier molecular flexibility index (Phi) is 5.19. The van der Waals surface area contributed by atoms with E-state index in [1.54, 1.807) is 20.8 Å². The van der Waals surface area contributed by atoms with Crippen molar-refractivity contribution in [2.24, 2.45) is 0 Å². The molecule has 0 aliphatic carbocycles. The maximum absolute atomic E-state index is 13.1. The molecule has 1 N–H and O–H groups in total. The molecule has 0 heterocycles. The minimum Gasteiger partial charge on any atom is -0.481 e. The molecule has 0 fully saturated rings. The van der Waals surface area contributed by atoms with Crippen LogP contribution in [0.4, 0.5) is 8.78 Å². The summed E-state index contributed by atoms with van der Waals surface area (Å²) < 4.78 is 31.5. The van der Waals surface area contributed by atoms with Gasteiger partial charge in [0.25, 0.3) is 0 Å². The molecule has 0 aromatic carbocycles. The first-order chi connectivity index (χ1) is 7.44. The van der Waals surface area contributed by atoms with Gasteiger partial charge in [-0.3, -0.25) is 9.59 Å². The number of rotatable bonds is 6. The van der Waals surface area contributed by atoms with E-state index in [0.29, 0.717) is 0 Å². The molecule has 1 atom stereocenters. The van der Waals surface area contributed by atoms with E-state index in [4.69, 9.17) is 9.84 Å². The third-order valence-electron chi connectivity index (χ3n) is 1.81. The van der Waals surface area contributed by atoms with Gasteiger partial charge in [0.1, 0.15) is 6.42 Å². The van der Waals surface area contributed by atoms with Crippen LogP contribution in [0.3, 0.4) is 0 Å². The molecule has 17 heavy (non-hydrogen) atoms. The number of ether oxygens (including phenoxy) is 1. The van der Waals surface area contributed by atoms with E-state index in [-0.39, 0.29) is 0 Å². The maximum Gasteiger partial charge on any atom is 0.315 e. The van der Waals surface area contributed by atoms with E-state index in [1.807, 2.05) is 0 Å². The fourth-order valence-electron chi connectivity index (χ4n) is 1.34. The van der Waals surface area contributed by atoms with Crippen LogP contribution in [0.1, 0.15) is 40.5 Å². The number of carbonyl (C=O) groups excluding carboxylic acids is 1. The van der Waals surface area contributed by atoms with Crippen molar-refractivity contribution >= 4 is 11.8 Å². The van der Waals surface area contributed by atoms with E-state index in [2.05, 4.69) is 0 Å². The predicted molar refractivity (Wildman–Crippen MR) is 57.1 cm³/mol. The number of carbonyl (C=O) groups is 2. The molecule has 1 unspecified atom stereocenters. The number of halogens is 2. The second-order valence-electron chi connectivity index (χ2n) is 4.94. The van der Waals surface area contributed by atoms with Gasteiger partial charge in [0.2, 0.25) is 5.78 Å². The Morgan fingerprint density at radius 3 is 2.12 bits per heavy atom. The Hall–Kier alpha value is -1.04. The van der Waals surface area contributed by atoms with Crippen molar-refractivity contribution in [3.63, 3.8) is 0 Å². The van der Waals surface area contributed by atoms with Gasteiger partial charge in [-0.1, -0.05) is 0 Å². The minimum atomic E-state index is -3.83. The molecular weight excluding hydrogens is 234 g/mol. The lowest BCUT2D eigenvalue weighted by Crippen LogP contribution is -2.35. The summed E-state index contributed by atoms with van der Waals surface area (Å²) in [6.45, 7) is 6.72. The third kappa shape index (κ3) is 6.99. The molecule has 0 rings (SSSR count). The quantitative estimate of drug-likeness (QED) is 0.787. The fourth-order valence-corrected chi connectivity index (χ4v) is 1.34. The number of carboxylic acids is 1. The summed E-state index contributed by atoms with van der Waals surface area (Å²) in [6.07, 6.45) is -2.66. The van der Waals surface area contributed by atoms with Crippen LogP contribution in [0.15, 0.2) is 0 Å². The maximum atomic E-state index is 13.1. The topological polar surface area (TPSA) is 63.6 Å². The highest BCUT2D eigenvalue weighted by Gasteiger charge is 2.41. The van der Waals surface area contributed by atoms with Crippen molar-refractivity contribution < 1.29 is 28.2 Å². The lowest BCUT2D eigenvalue weighted by molar-refractivity contribution is -0.159. The zero-order valence-electron chi connectivity index (χ0n) is 10.4. The normalized spacial score (nSPS) is 14.5. The molecule has 0 radical (unpaired) electrons. The Morgan fingerprint density at radius 2 is 1.76 bits per heavy atom. The van der Waals surface area contributed by atoms with Gasteiger partial charge >= 0.3 is 11.9 Å². The van der Waals surface area contributed by atoms with Gasteiger partial charge in [-0.2, -0.15) is 8.78 Å². The first-order valence-electron chi connectivity index (χ1n) is 5.25. The van der Waals surface area contributed by atoms with Gasteiger partial charge in [0, 0.05) is 6.42 Å². The molecule has 0 aliphatic rings. The summed E-state index contributed by atoms with van der Waals surface area (Å²) in [5.74, 6) is -6.94. The standard InChI is InChI=1S/C11H18F2O4/c1-7(17-10(2,3)4)5-8(14)11(12,13)6-9(15)16/h7H,5-6H2,1-4H3,(H,15,16). The predicted octanol–water partition coefficient (Wildman–Crippen LogP) is 2.26. The van der Waals surface area contributed by atoms with Crippen molar-refractivity contribution in [2.45, 2.75) is 58.2 Å². The zero-order valence-corrected chi connectivity index (χ0v) is 10.4. The summed E-state index contributed by atoms with van der Waals surface area (Å²) >= 11 is 0. The van der Waals surface area contributed by atoms with Crippen molar-refractivity contribution in [1.29, 1.82) is 0 Å². The van der Waals surface area contributed by atoms with Gasteiger partial charge in [0.15, 0.2) is 0 Å². The summed E-state index contributed by atoms with van der Waals surface area (Å²) in [5, 5.41) is 8.26. The van der Waals surface area contributed by atoms with Gasteiger partial charge in [0.05, 0.1) is 11.7 Å². The van der Waals surface area contributed by atoms with Crippen LogP contribution < -0.4 is 0 Å². The van der Waals surface area contributed by atoms with Crippen molar-refractivity contribution in [3.8, 4) is 0 Å². The highest BCUT2D eigenvalue weighted by molar-refractivity contribution is 5.89. The molecule has 6 heteroatoms. The molecule has 4 nitrogen and oxygen atoms in total. The van der Waals surface area contributed by atoms with Gasteiger partial charge in [-0.15, -0.1) is 0 Å². The smallest absolute Gasteiger partial charge is 0.315 e. The SMILES string of the molecule is CC(CC(=O)C(F)(F)CC(=O)O)OC(C)(C)C. The molecule has 0 aromatic heterocycles. The second kappa shape index (κ2) is 5.53. The summed E-state index contributed by atoms with van der Waals surface area (Å²) in [4.78, 5) is 21.4. The largest absolute Gasteiger partial charge is 0.481 e. The molecule has 0 bridgehead atoms. The van der Waals surface area contributed by atoms with E-state index in [9.17, 15) is 18.4 Å². The molecule has 0 spiro atoms. The van der Waals surface area contributed by atoms with Crippen molar-refractivity contribution in [2.75, 3.05) is 0 Å². The number of hydrogen-bond donors (Lipinski definition) is 1. The number of Topliss-reactive ketones (excluding diaryl/α,β-unsaturated/α-hetero) is 1. The Balaban J connectivity index is 4.39. The lowest BCUT2D eigenvalue weighted by Gasteiger charge is -2.25. The number of hydrogen-bond acceptors (Lipinski definition) is 3. The molecule has 0 amide bonds. The van der Waals surface area contributed by atoms with Crippen LogP contribution in [0.2, 0.25) is 0 Å². The number of carboxylic acid groups (broad SMARTS) is 1. The first kappa shape index (κ1) is 16.0. The lowest BCUT2D eigenvalue weighted by atomic mass is 10.0. The van der Waals surface area contributed by atoms with Crippen LogP contribution in [0.5, 0.6) is 0 Å². The highest BCUT2D eigenvalue weighted by Crippen LogP contribution is 2.23. The minimum absolute atomic E-state index is 0.502. The van der Waals surface area contributed by atoms with Crippen LogP contribution >= 0.6 is 0 Å². The van der Waals surface area contributed by atoms with E-state index in [0.717, 1.165) is 0 Å². The third-order valence-corrected chi connectivity index (χ3v) is 1.81. The number of ketones is 1. The average molecular weight is 252 g/mol. The molecular formula is C11H18F2O4. The van der Waals surface area contributed by atoms with E-state index in [1.165, 1.54) is 6.92 Å². The molecule has 0 saturated carbocycles. The molecule has 0 aliphatic heterocycles. The Morgan fingerprint density at radius 1 is 1.29 bits per heavy atom. The van der Waals surface area contributed by atoms with Gasteiger partial charge < -0.3 is 9.84 Å². The summed E-state index contributed by atoms with van der Waals surface area (Å²) in [6, 6.07) is 0. The number of alkyl halides is 2. The second-order valence-corrected chi connectivity index (χ2v) is 4.94. The summed E-state index contributed by atoms with van der Waals surface area (Å²) in [5.41, 5.74) is -0.540. The van der Waals surface area contributed by atoms with Gasteiger partial charge in [-0.05, 0) is 27.7 Å². The number of aliphatic carboxylic acids is 1. The van der Waals surface area contributed by atoms with E-state index < -0.39 is 42.2 Å². The van der Waals surface area contributed by atoms with Crippen molar-refractivity contribution in [1.82, 2.24) is 0 Å². The molecule has 0 aromatic rings. The van der Waals surface area contributed by atoms with Crippen LogP contribution in [0, 0.1) is 0 Å². The van der Waals surface area contributed by atoms with E-state index >= 15 is 0 Å². The average Bonchev–Trinajstić information content (AvgIpc) is 1.96. The van der Waals surface area contributed by atoms with Crippen LogP contribution in [-0.2, 0) is 14.3 Å². The van der Waals surface area contributed by atoms with Crippen LogP contribution in [-0.4, -0.2) is 34.5 Å². The Bertz CT molecular complexity index is 294. The van der Waals surface area contributed by atoms with Crippen molar-refractivity contribution in [3.05, 3.63) is 0 Å². The zero-order chi connectivity index (χ0) is 13.9. The first-order valence-corrected chi connectivity index (χ1v) is 5.25. The summed E-state index contributed by atoms with van der Waals surface area (Å²) in [7, 11) is 0. The fraction of sp³-hybridized carbons (Fsp3) is 0.818.